The molecule has 0 saturated carbocycles. The van der Waals surface area contributed by atoms with Crippen molar-refractivity contribution in [3.63, 3.8) is 0 Å². The third kappa shape index (κ3) is 2.74. The molecule has 0 N–H and O–H groups in total. The van der Waals surface area contributed by atoms with Gasteiger partial charge in [-0.05, 0) is 37.8 Å². The zero-order valence-electron chi connectivity index (χ0n) is 13.3. The molecular formula is C16H14N4OS3. The van der Waals surface area contributed by atoms with Gasteiger partial charge in [0.1, 0.15) is 16.2 Å². The first-order chi connectivity index (χ1) is 11.6. The number of aromatic nitrogens is 4. The summed E-state index contributed by atoms with van der Waals surface area (Å²) in [6.45, 7) is 6.29. The van der Waals surface area contributed by atoms with Crippen molar-refractivity contribution in [3.05, 3.63) is 40.2 Å². The van der Waals surface area contributed by atoms with Crippen molar-refractivity contribution in [2.24, 2.45) is 0 Å². The summed E-state index contributed by atoms with van der Waals surface area (Å²) < 4.78 is 5.84. The lowest BCUT2D eigenvalue weighted by molar-refractivity contribution is 0.510. The van der Waals surface area contributed by atoms with Crippen molar-refractivity contribution in [1.29, 1.82) is 0 Å². The van der Waals surface area contributed by atoms with E-state index >= 15 is 0 Å². The lowest BCUT2D eigenvalue weighted by Gasteiger charge is -2.07. The molecule has 0 aliphatic rings. The lowest BCUT2D eigenvalue weighted by atomic mass is 10.2. The van der Waals surface area contributed by atoms with Gasteiger partial charge in [0.15, 0.2) is 0 Å². The summed E-state index contributed by atoms with van der Waals surface area (Å²) in [5, 5.41) is 12.5. The molecule has 0 aliphatic heterocycles. The summed E-state index contributed by atoms with van der Waals surface area (Å²) >= 11 is 4.92. The SMILES string of the molecule is Cc1sc2ncnc(SC(C)c3nnc(-c4cccs4)o3)c2c1C. The van der Waals surface area contributed by atoms with E-state index in [1.807, 2.05) is 17.5 Å². The van der Waals surface area contributed by atoms with Crippen molar-refractivity contribution in [2.75, 3.05) is 0 Å². The Hall–Kier alpha value is -1.77. The van der Waals surface area contributed by atoms with Crippen molar-refractivity contribution in [3.8, 4) is 10.8 Å². The van der Waals surface area contributed by atoms with Gasteiger partial charge in [0.25, 0.3) is 5.89 Å². The topological polar surface area (TPSA) is 64.7 Å². The number of fused-ring (bicyclic) bond motifs is 1. The average Bonchev–Trinajstić information content (AvgIpc) is 3.29. The Labute approximate surface area is 151 Å². The molecule has 0 aromatic carbocycles. The first-order valence-electron chi connectivity index (χ1n) is 7.38. The molecular weight excluding hydrogens is 360 g/mol. The highest BCUT2D eigenvalue weighted by molar-refractivity contribution is 7.99. The summed E-state index contributed by atoms with van der Waals surface area (Å²) in [6, 6.07) is 3.95. The molecule has 1 atom stereocenters. The molecule has 8 heteroatoms. The summed E-state index contributed by atoms with van der Waals surface area (Å²) in [5.74, 6) is 1.18. The number of hydrogen-bond donors (Lipinski definition) is 0. The number of aryl methyl sites for hydroxylation is 2. The van der Waals surface area contributed by atoms with Gasteiger partial charge in [-0.2, -0.15) is 0 Å². The van der Waals surface area contributed by atoms with Crippen LogP contribution < -0.4 is 0 Å². The zero-order valence-corrected chi connectivity index (χ0v) is 15.8. The number of nitrogens with zero attached hydrogens (tertiary/aromatic N) is 4. The van der Waals surface area contributed by atoms with Gasteiger partial charge in [0.05, 0.1) is 10.1 Å². The van der Waals surface area contributed by atoms with Gasteiger partial charge in [-0.1, -0.05) is 17.8 Å². The van der Waals surface area contributed by atoms with Crippen LogP contribution in [0, 0.1) is 13.8 Å². The molecule has 122 valence electrons. The molecule has 0 bridgehead atoms. The number of thioether (sulfide) groups is 1. The summed E-state index contributed by atoms with van der Waals surface area (Å²) in [7, 11) is 0. The van der Waals surface area contributed by atoms with Crippen LogP contribution in [0.25, 0.3) is 21.0 Å². The van der Waals surface area contributed by atoms with E-state index in [-0.39, 0.29) is 5.25 Å². The Bertz CT molecular complexity index is 990. The van der Waals surface area contributed by atoms with Crippen LogP contribution in [0.4, 0.5) is 0 Å². The maximum absolute atomic E-state index is 5.84. The van der Waals surface area contributed by atoms with Gasteiger partial charge < -0.3 is 4.42 Å². The van der Waals surface area contributed by atoms with E-state index in [1.165, 1.54) is 10.4 Å². The first-order valence-corrected chi connectivity index (χ1v) is 9.95. The standard InChI is InChI=1S/C16H14N4OS3/c1-8-9(2)23-15-12(8)16(18-7-17-15)24-10(3)13-19-20-14(21-13)11-5-4-6-22-11/h4-7,10H,1-3H3. The smallest absolute Gasteiger partial charge is 0.257 e. The molecule has 5 nitrogen and oxygen atoms in total. The van der Waals surface area contributed by atoms with E-state index in [1.54, 1.807) is 40.8 Å². The van der Waals surface area contributed by atoms with Crippen LogP contribution in [0.15, 0.2) is 33.3 Å². The normalized spacial score (nSPS) is 12.8. The number of hydrogen-bond acceptors (Lipinski definition) is 8. The molecule has 24 heavy (non-hydrogen) atoms. The fourth-order valence-electron chi connectivity index (χ4n) is 2.36. The molecule has 1 unspecified atom stereocenters. The molecule has 0 spiro atoms. The van der Waals surface area contributed by atoms with Gasteiger partial charge in [0.2, 0.25) is 5.89 Å². The Morgan fingerprint density at radius 1 is 1.21 bits per heavy atom. The summed E-state index contributed by atoms with van der Waals surface area (Å²) in [5.41, 5.74) is 1.25. The molecule has 0 saturated heterocycles. The second kappa shape index (κ2) is 6.27. The molecule has 0 fully saturated rings. The molecule has 0 radical (unpaired) electrons. The lowest BCUT2D eigenvalue weighted by Crippen LogP contribution is -1.92. The molecule has 4 aromatic heterocycles. The molecule has 0 aliphatic carbocycles. The van der Waals surface area contributed by atoms with Crippen molar-refractivity contribution in [2.45, 2.75) is 31.0 Å². The van der Waals surface area contributed by atoms with E-state index in [0.717, 1.165) is 20.1 Å². The third-order valence-corrected chi connectivity index (χ3v) is 6.80. The van der Waals surface area contributed by atoms with Crippen molar-refractivity contribution in [1.82, 2.24) is 20.2 Å². The Balaban J connectivity index is 1.64. The highest BCUT2D eigenvalue weighted by Gasteiger charge is 2.20. The van der Waals surface area contributed by atoms with Gasteiger partial charge in [-0.15, -0.1) is 32.9 Å². The predicted octanol–water partition coefficient (Wildman–Crippen LogP) is 5.27. The van der Waals surface area contributed by atoms with E-state index in [4.69, 9.17) is 4.42 Å². The highest BCUT2D eigenvalue weighted by atomic mass is 32.2. The van der Waals surface area contributed by atoms with Gasteiger partial charge in [0, 0.05) is 10.3 Å². The number of rotatable bonds is 4. The molecule has 4 aromatic rings. The van der Waals surface area contributed by atoms with Gasteiger partial charge >= 0.3 is 0 Å². The maximum Gasteiger partial charge on any atom is 0.257 e. The molecule has 0 amide bonds. The Morgan fingerprint density at radius 3 is 2.88 bits per heavy atom. The highest BCUT2D eigenvalue weighted by Crippen LogP contribution is 2.40. The fourth-order valence-corrected chi connectivity index (χ4v) is 5.07. The fraction of sp³-hybridized carbons (Fsp3) is 0.250. The summed E-state index contributed by atoms with van der Waals surface area (Å²) in [6.07, 6.45) is 1.62. The van der Waals surface area contributed by atoms with Crippen LogP contribution in [0.5, 0.6) is 0 Å². The monoisotopic (exact) mass is 374 g/mol. The Kier molecular flexibility index (Phi) is 4.11. The quantitative estimate of drug-likeness (QED) is 0.358. The minimum absolute atomic E-state index is 0.0175. The predicted molar refractivity (Wildman–Crippen MR) is 98.8 cm³/mol. The number of thiophene rings is 2. The third-order valence-electron chi connectivity index (χ3n) is 3.74. The van der Waals surface area contributed by atoms with E-state index in [9.17, 15) is 0 Å². The Morgan fingerprint density at radius 2 is 2.08 bits per heavy atom. The molecule has 4 rings (SSSR count). The second-order valence-corrected chi connectivity index (χ2v) is 8.81. The van der Waals surface area contributed by atoms with Crippen LogP contribution in [0.3, 0.4) is 0 Å². The van der Waals surface area contributed by atoms with Gasteiger partial charge in [-0.3, -0.25) is 0 Å². The van der Waals surface area contributed by atoms with Crippen molar-refractivity contribution >= 4 is 44.7 Å². The van der Waals surface area contributed by atoms with Crippen LogP contribution in [0.1, 0.15) is 28.5 Å². The van der Waals surface area contributed by atoms with E-state index in [0.29, 0.717) is 11.8 Å². The summed E-state index contributed by atoms with van der Waals surface area (Å²) in [4.78, 5) is 12.1. The van der Waals surface area contributed by atoms with Gasteiger partial charge in [-0.25, -0.2) is 9.97 Å². The van der Waals surface area contributed by atoms with E-state index in [2.05, 4.69) is 40.9 Å². The minimum atomic E-state index is 0.0175. The van der Waals surface area contributed by atoms with Crippen LogP contribution in [0.2, 0.25) is 0 Å². The van der Waals surface area contributed by atoms with E-state index < -0.39 is 0 Å². The minimum Gasteiger partial charge on any atom is -0.419 e. The van der Waals surface area contributed by atoms with Crippen LogP contribution >= 0.6 is 34.4 Å². The average molecular weight is 375 g/mol. The van der Waals surface area contributed by atoms with Crippen LogP contribution in [-0.4, -0.2) is 20.2 Å². The second-order valence-electron chi connectivity index (χ2n) is 5.33. The van der Waals surface area contributed by atoms with Crippen LogP contribution in [-0.2, 0) is 0 Å². The first kappa shape index (κ1) is 15.7. The van der Waals surface area contributed by atoms with Crippen molar-refractivity contribution < 1.29 is 4.42 Å². The largest absolute Gasteiger partial charge is 0.419 e. The molecule has 4 heterocycles. The zero-order chi connectivity index (χ0) is 16.7. The maximum atomic E-state index is 5.84.